The lowest BCUT2D eigenvalue weighted by Gasteiger charge is -2.13. The maximum atomic E-state index is 12.4. The number of rotatable bonds is 7. The summed E-state index contributed by atoms with van der Waals surface area (Å²) < 4.78 is 29.9. The Bertz CT molecular complexity index is 806. The van der Waals surface area contributed by atoms with Gasteiger partial charge in [-0.05, 0) is 38.0 Å². The minimum atomic E-state index is -3.54. The van der Waals surface area contributed by atoms with Crippen LogP contribution in [0.2, 0.25) is 0 Å². The van der Waals surface area contributed by atoms with Crippen LogP contribution >= 0.6 is 11.3 Å². The van der Waals surface area contributed by atoms with Crippen molar-refractivity contribution in [2.24, 2.45) is 0 Å². The first-order valence-electron chi connectivity index (χ1n) is 7.54. The van der Waals surface area contributed by atoms with Crippen molar-refractivity contribution >= 4 is 31.6 Å². The Kier molecular flexibility index (Phi) is 5.41. The summed E-state index contributed by atoms with van der Waals surface area (Å²) in [5, 5.41) is 0. The van der Waals surface area contributed by atoms with Gasteiger partial charge in [0.25, 0.3) is 0 Å². The lowest BCUT2D eigenvalue weighted by atomic mass is 10.2. The summed E-state index contributed by atoms with van der Waals surface area (Å²) in [6, 6.07) is 4.78. The molecule has 0 saturated carbocycles. The summed E-state index contributed by atoms with van der Waals surface area (Å²) in [6.45, 7) is 6.53. The van der Waals surface area contributed by atoms with Gasteiger partial charge in [-0.2, -0.15) is 0 Å². The second-order valence-corrected chi connectivity index (χ2v) is 8.17. The van der Waals surface area contributed by atoms with Crippen LogP contribution in [0.5, 0.6) is 0 Å². The lowest BCUT2D eigenvalue weighted by Crippen LogP contribution is -2.32. The SMILES string of the molecule is CCCC(C)NS(=O)(=O)c1ccc2c(c1)sc(=O)n2CCC. The monoisotopic (exact) mass is 342 g/mol. The average Bonchev–Trinajstić information content (AvgIpc) is 2.74. The zero-order chi connectivity index (χ0) is 16.3. The van der Waals surface area contributed by atoms with Crippen molar-refractivity contribution in [2.45, 2.75) is 57.5 Å². The normalized spacial score (nSPS) is 13.6. The summed E-state index contributed by atoms with van der Waals surface area (Å²) in [4.78, 5) is 12.1. The van der Waals surface area contributed by atoms with E-state index in [1.807, 2.05) is 20.8 Å². The number of hydrogen-bond donors (Lipinski definition) is 1. The third-order valence-electron chi connectivity index (χ3n) is 3.48. The molecule has 5 nitrogen and oxygen atoms in total. The number of fused-ring (bicyclic) bond motifs is 1. The maximum absolute atomic E-state index is 12.4. The Balaban J connectivity index is 2.39. The fourth-order valence-corrected chi connectivity index (χ4v) is 4.81. The Morgan fingerprint density at radius 3 is 2.64 bits per heavy atom. The largest absolute Gasteiger partial charge is 0.308 e. The fourth-order valence-electron chi connectivity index (χ4n) is 2.47. The molecule has 0 spiro atoms. The third kappa shape index (κ3) is 3.59. The van der Waals surface area contributed by atoms with Crippen LogP contribution in [0.3, 0.4) is 0 Å². The van der Waals surface area contributed by atoms with Gasteiger partial charge in [0.2, 0.25) is 10.0 Å². The van der Waals surface area contributed by atoms with Crippen LogP contribution in [0.4, 0.5) is 0 Å². The van der Waals surface area contributed by atoms with Crippen LogP contribution in [0.15, 0.2) is 27.9 Å². The second-order valence-electron chi connectivity index (χ2n) is 5.46. The van der Waals surface area contributed by atoms with Crippen molar-refractivity contribution in [1.29, 1.82) is 0 Å². The zero-order valence-corrected chi connectivity index (χ0v) is 14.8. The van der Waals surface area contributed by atoms with Gasteiger partial charge in [-0.25, -0.2) is 13.1 Å². The summed E-state index contributed by atoms with van der Waals surface area (Å²) in [5.74, 6) is 0. The van der Waals surface area contributed by atoms with E-state index in [4.69, 9.17) is 0 Å². The number of thiazole rings is 1. The van der Waals surface area contributed by atoms with Gasteiger partial charge in [-0.1, -0.05) is 31.6 Å². The highest BCUT2D eigenvalue weighted by Gasteiger charge is 2.18. The van der Waals surface area contributed by atoms with E-state index in [1.54, 1.807) is 22.8 Å². The molecule has 2 rings (SSSR count). The van der Waals surface area contributed by atoms with Crippen molar-refractivity contribution in [3.63, 3.8) is 0 Å². The van der Waals surface area contributed by atoms with Crippen LogP contribution < -0.4 is 9.60 Å². The smallest absolute Gasteiger partial charge is 0.299 e. The van der Waals surface area contributed by atoms with Crippen molar-refractivity contribution in [3.8, 4) is 0 Å². The van der Waals surface area contributed by atoms with E-state index >= 15 is 0 Å². The number of nitrogens with one attached hydrogen (secondary N) is 1. The van der Waals surface area contributed by atoms with E-state index in [1.165, 1.54) is 0 Å². The Labute approximate surface area is 135 Å². The predicted octanol–water partition coefficient (Wildman–Crippen LogP) is 2.94. The van der Waals surface area contributed by atoms with Gasteiger partial charge < -0.3 is 0 Å². The highest BCUT2D eigenvalue weighted by molar-refractivity contribution is 7.89. The molecule has 0 aliphatic rings. The summed E-state index contributed by atoms with van der Waals surface area (Å²) in [7, 11) is -3.54. The Hall–Kier alpha value is -1.18. The summed E-state index contributed by atoms with van der Waals surface area (Å²) >= 11 is 1.09. The average molecular weight is 342 g/mol. The molecule has 122 valence electrons. The van der Waals surface area contributed by atoms with Crippen molar-refractivity contribution < 1.29 is 8.42 Å². The van der Waals surface area contributed by atoms with E-state index in [9.17, 15) is 13.2 Å². The molecule has 0 aliphatic carbocycles. The lowest BCUT2D eigenvalue weighted by molar-refractivity contribution is 0.544. The van der Waals surface area contributed by atoms with Gasteiger partial charge in [0, 0.05) is 12.6 Å². The number of nitrogens with zero attached hydrogens (tertiary/aromatic N) is 1. The van der Waals surface area contributed by atoms with E-state index in [0.717, 1.165) is 36.1 Å². The molecule has 1 heterocycles. The standard InChI is InChI=1S/C15H22N2O3S2/c1-4-6-11(3)16-22(19,20)12-7-8-13-14(10-12)21-15(18)17(13)9-5-2/h7-8,10-11,16H,4-6,9H2,1-3H3. The molecule has 1 aromatic heterocycles. The summed E-state index contributed by atoms with van der Waals surface area (Å²) in [5.41, 5.74) is 0.803. The molecule has 22 heavy (non-hydrogen) atoms. The van der Waals surface area contributed by atoms with Crippen molar-refractivity contribution in [2.75, 3.05) is 0 Å². The van der Waals surface area contributed by atoms with Crippen LogP contribution in [-0.2, 0) is 16.6 Å². The first kappa shape index (κ1) is 17.2. The molecule has 0 aliphatic heterocycles. The first-order valence-corrected chi connectivity index (χ1v) is 9.84. The Morgan fingerprint density at radius 2 is 2.00 bits per heavy atom. The molecule has 0 amide bonds. The minimum absolute atomic E-state index is 0.0429. The molecule has 0 bridgehead atoms. The number of aryl methyl sites for hydroxylation is 1. The van der Waals surface area contributed by atoms with Gasteiger partial charge in [-0.3, -0.25) is 9.36 Å². The van der Waals surface area contributed by atoms with Crippen LogP contribution in [0.25, 0.3) is 10.2 Å². The van der Waals surface area contributed by atoms with Crippen LogP contribution in [-0.4, -0.2) is 19.0 Å². The highest BCUT2D eigenvalue weighted by atomic mass is 32.2. The molecule has 1 N–H and O–H groups in total. The third-order valence-corrected chi connectivity index (χ3v) is 6.00. The predicted molar refractivity (Wildman–Crippen MR) is 91.1 cm³/mol. The molecular formula is C15H22N2O3S2. The molecule has 1 unspecified atom stereocenters. The number of hydrogen-bond acceptors (Lipinski definition) is 4. The Morgan fingerprint density at radius 1 is 1.27 bits per heavy atom. The van der Waals surface area contributed by atoms with Crippen molar-refractivity contribution in [1.82, 2.24) is 9.29 Å². The van der Waals surface area contributed by atoms with E-state index < -0.39 is 10.0 Å². The quantitative estimate of drug-likeness (QED) is 0.841. The number of aromatic nitrogens is 1. The topological polar surface area (TPSA) is 68.2 Å². The van der Waals surface area contributed by atoms with Crippen molar-refractivity contribution in [3.05, 3.63) is 27.9 Å². The van der Waals surface area contributed by atoms with Crippen LogP contribution in [0, 0.1) is 0 Å². The molecule has 0 saturated heterocycles. The zero-order valence-electron chi connectivity index (χ0n) is 13.1. The minimum Gasteiger partial charge on any atom is -0.299 e. The fraction of sp³-hybridized carbons (Fsp3) is 0.533. The highest BCUT2D eigenvalue weighted by Crippen LogP contribution is 2.22. The van der Waals surface area contributed by atoms with Gasteiger partial charge in [0.05, 0.1) is 15.1 Å². The maximum Gasteiger partial charge on any atom is 0.308 e. The van der Waals surface area contributed by atoms with Crippen LogP contribution in [0.1, 0.15) is 40.0 Å². The van der Waals surface area contributed by atoms with Gasteiger partial charge in [-0.15, -0.1) is 0 Å². The summed E-state index contributed by atoms with van der Waals surface area (Å²) in [6.07, 6.45) is 2.58. The first-order chi connectivity index (χ1) is 10.4. The number of sulfonamides is 1. The second kappa shape index (κ2) is 6.93. The molecule has 2 aromatic rings. The molecule has 1 atom stereocenters. The van der Waals surface area contributed by atoms with Gasteiger partial charge >= 0.3 is 4.87 Å². The van der Waals surface area contributed by atoms with E-state index in [0.29, 0.717) is 11.2 Å². The molecule has 0 fully saturated rings. The van der Waals surface area contributed by atoms with E-state index in [-0.39, 0.29) is 15.8 Å². The molecule has 0 radical (unpaired) electrons. The number of benzene rings is 1. The molecular weight excluding hydrogens is 320 g/mol. The van der Waals surface area contributed by atoms with Gasteiger partial charge in [0.15, 0.2) is 0 Å². The van der Waals surface area contributed by atoms with E-state index in [2.05, 4.69) is 4.72 Å². The molecule has 7 heteroatoms. The molecule has 1 aromatic carbocycles. The van der Waals surface area contributed by atoms with Gasteiger partial charge in [0.1, 0.15) is 0 Å².